The number of morpholine rings is 1. The first-order chi connectivity index (χ1) is 10.8. The largest absolute Gasteiger partial charge is 0.379 e. The lowest BCUT2D eigenvalue weighted by atomic mass is 10.1. The summed E-state index contributed by atoms with van der Waals surface area (Å²) in [7, 11) is 0. The highest BCUT2D eigenvalue weighted by Crippen LogP contribution is 2.05. The van der Waals surface area contributed by atoms with Crippen LogP contribution in [0.4, 0.5) is 0 Å². The van der Waals surface area contributed by atoms with Crippen molar-refractivity contribution >= 4 is 29.9 Å². The summed E-state index contributed by atoms with van der Waals surface area (Å²) < 4.78 is 5.37. The molecule has 2 N–H and O–H groups in total. The van der Waals surface area contributed by atoms with E-state index in [-0.39, 0.29) is 24.0 Å². The Hall–Kier alpha value is -0.0800. The molecule has 1 rings (SSSR count). The molecular formula is C17H37IN4O. The first-order valence-corrected chi connectivity index (χ1v) is 9.11. The molecule has 138 valence electrons. The van der Waals surface area contributed by atoms with Gasteiger partial charge in [0.2, 0.25) is 0 Å². The highest BCUT2D eigenvalue weighted by atomic mass is 127. The summed E-state index contributed by atoms with van der Waals surface area (Å²) in [6, 6.07) is 0.484. The predicted octanol–water partition coefficient (Wildman–Crippen LogP) is 2.85. The van der Waals surface area contributed by atoms with Crippen molar-refractivity contribution in [3.8, 4) is 0 Å². The average Bonchev–Trinajstić information content (AvgIpc) is 2.53. The minimum Gasteiger partial charge on any atom is -0.379 e. The number of ether oxygens (including phenoxy) is 1. The Labute approximate surface area is 160 Å². The number of guanidine groups is 1. The summed E-state index contributed by atoms with van der Waals surface area (Å²) >= 11 is 0. The summed E-state index contributed by atoms with van der Waals surface area (Å²) in [4.78, 5) is 7.13. The third-order valence-electron chi connectivity index (χ3n) is 4.01. The lowest BCUT2D eigenvalue weighted by Gasteiger charge is -2.26. The standard InChI is InChI=1S/C17H36N4O.HI/c1-4-6-7-8-9-16(3)20-17(18-5-2)19-10-11-21-12-14-22-15-13-21;/h16H,4-15H2,1-3H3,(H2,18,19,20);1H. The fraction of sp³-hybridized carbons (Fsp3) is 0.941. The number of unbranched alkanes of at least 4 members (excludes halogenated alkanes) is 3. The smallest absolute Gasteiger partial charge is 0.191 e. The summed E-state index contributed by atoms with van der Waals surface area (Å²) in [6.07, 6.45) is 6.50. The van der Waals surface area contributed by atoms with Crippen molar-refractivity contribution in [3.05, 3.63) is 0 Å². The van der Waals surface area contributed by atoms with E-state index in [0.29, 0.717) is 6.04 Å². The first-order valence-electron chi connectivity index (χ1n) is 9.11. The van der Waals surface area contributed by atoms with E-state index < -0.39 is 0 Å². The fourth-order valence-corrected chi connectivity index (χ4v) is 2.63. The van der Waals surface area contributed by atoms with E-state index in [0.717, 1.165) is 51.9 Å². The van der Waals surface area contributed by atoms with Crippen LogP contribution in [0.5, 0.6) is 0 Å². The van der Waals surface area contributed by atoms with Crippen molar-refractivity contribution < 1.29 is 4.74 Å². The summed E-state index contributed by atoms with van der Waals surface area (Å²) in [5.41, 5.74) is 0. The number of hydrogen-bond donors (Lipinski definition) is 2. The molecule has 5 nitrogen and oxygen atoms in total. The topological polar surface area (TPSA) is 48.9 Å². The molecule has 0 radical (unpaired) electrons. The predicted molar refractivity (Wildman–Crippen MR) is 110 cm³/mol. The maximum Gasteiger partial charge on any atom is 0.191 e. The van der Waals surface area contributed by atoms with E-state index in [1.165, 1.54) is 32.1 Å². The first kappa shape index (κ1) is 22.9. The normalized spacial score (nSPS) is 17.4. The van der Waals surface area contributed by atoms with Gasteiger partial charge in [0.15, 0.2) is 5.96 Å². The van der Waals surface area contributed by atoms with Crippen LogP contribution >= 0.6 is 24.0 Å². The highest BCUT2D eigenvalue weighted by molar-refractivity contribution is 14.0. The molecule has 0 aromatic heterocycles. The van der Waals surface area contributed by atoms with Crippen molar-refractivity contribution in [2.45, 2.75) is 58.9 Å². The number of rotatable bonds is 10. The van der Waals surface area contributed by atoms with E-state index in [9.17, 15) is 0 Å². The van der Waals surface area contributed by atoms with Crippen molar-refractivity contribution in [3.63, 3.8) is 0 Å². The molecule has 1 unspecified atom stereocenters. The van der Waals surface area contributed by atoms with Gasteiger partial charge in [-0.1, -0.05) is 32.6 Å². The zero-order valence-corrected chi connectivity index (χ0v) is 17.6. The molecule has 0 bridgehead atoms. The van der Waals surface area contributed by atoms with Gasteiger partial charge in [-0.2, -0.15) is 0 Å². The molecular weight excluding hydrogens is 403 g/mol. The Morgan fingerprint density at radius 3 is 2.57 bits per heavy atom. The molecule has 0 aliphatic carbocycles. The van der Waals surface area contributed by atoms with Gasteiger partial charge < -0.3 is 15.4 Å². The molecule has 6 heteroatoms. The Morgan fingerprint density at radius 2 is 1.91 bits per heavy atom. The lowest BCUT2D eigenvalue weighted by Crippen LogP contribution is -2.43. The van der Waals surface area contributed by atoms with Crippen LogP contribution in [0.15, 0.2) is 4.99 Å². The van der Waals surface area contributed by atoms with Crippen molar-refractivity contribution in [1.82, 2.24) is 15.5 Å². The van der Waals surface area contributed by atoms with E-state index in [2.05, 4.69) is 36.3 Å². The van der Waals surface area contributed by atoms with Gasteiger partial charge in [0.1, 0.15) is 0 Å². The van der Waals surface area contributed by atoms with Crippen LogP contribution in [0.3, 0.4) is 0 Å². The molecule has 1 aliphatic heterocycles. The van der Waals surface area contributed by atoms with E-state index in [1.807, 2.05) is 0 Å². The van der Waals surface area contributed by atoms with Crippen molar-refractivity contribution in [2.24, 2.45) is 4.99 Å². The Balaban J connectivity index is 0.00000484. The van der Waals surface area contributed by atoms with Crippen LogP contribution in [0.2, 0.25) is 0 Å². The van der Waals surface area contributed by atoms with Crippen LogP contribution < -0.4 is 10.6 Å². The van der Waals surface area contributed by atoms with Gasteiger partial charge in [0, 0.05) is 32.2 Å². The van der Waals surface area contributed by atoms with Crippen LogP contribution in [0, 0.1) is 0 Å². The second-order valence-electron chi connectivity index (χ2n) is 6.11. The summed E-state index contributed by atoms with van der Waals surface area (Å²) in [5, 5.41) is 6.88. The molecule has 23 heavy (non-hydrogen) atoms. The number of aliphatic imine (C=N–C) groups is 1. The molecule has 0 aromatic carbocycles. The maximum atomic E-state index is 5.37. The number of hydrogen-bond acceptors (Lipinski definition) is 3. The quantitative estimate of drug-likeness (QED) is 0.238. The number of nitrogens with zero attached hydrogens (tertiary/aromatic N) is 2. The number of halogens is 1. The molecule has 0 amide bonds. The van der Waals surface area contributed by atoms with E-state index in [1.54, 1.807) is 0 Å². The van der Waals surface area contributed by atoms with Gasteiger partial charge in [0.05, 0.1) is 19.8 Å². The Morgan fingerprint density at radius 1 is 1.17 bits per heavy atom. The fourth-order valence-electron chi connectivity index (χ4n) is 2.63. The average molecular weight is 440 g/mol. The van der Waals surface area contributed by atoms with Gasteiger partial charge in [-0.3, -0.25) is 9.89 Å². The second kappa shape index (κ2) is 15.4. The van der Waals surface area contributed by atoms with Gasteiger partial charge in [-0.15, -0.1) is 24.0 Å². The molecule has 1 atom stereocenters. The third-order valence-corrected chi connectivity index (χ3v) is 4.01. The molecule has 0 spiro atoms. The SMILES string of the molecule is CCCCCCC(C)NC(=NCCN1CCOCC1)NCC.I. The second-order valence-corrected chi connectivity index (χ2v) is 6.11. The van der Waals surface area contributed by atoms with Gasteiger partial charge in [-0.05, 0) is 20.3 Å². The molecule has 0 aromatic rings. The summed E-state index contributed by atoms with van der Waals surface area (Å²) in [6.45, 7) is 13.2. The molecule has 1 fully saturated rings. The molecule has 1 saturated heterocycles. The Kier molecular flexibility index (Phi) is 15.4. The van der Waals surface area contributed by atoms with Crippen LogP contribution in [0.1, 0.15) is 52.9 Å². The van der Waals surface area contributed by atoms with Crippen molar-refractivity contribution in [2.75, 3.05) is 45.9 Å². The van der Waals surface area contributed by atoms with E-state index >= 15 is 0 Å². The zero-order chi connectivity index (χ0) is 16.0. The van der Waals surface area contributed by atoms with Crippen LogP contribution in [-0.2, 0) is 4.74 Å². The minimum absolute atomic E-state index is 0. The van der Waals surface area contributed by atoms with Gasteiger partial charge >= 0.3 is 0 Å². The van der Waals surface area contributed by atoms with Crippen LogP contribution in [0.25, 0.3) is 0 Å². The van der Waals surface area contributed by atoms with Crippen LogP contribution in [-0.4, -0.2) is 62.8 Å². The van der Waals surface area contributed by atoms with Crippen molar-refractivity contribution in [1.29, 1.82) is 0 Å². The van der Waals surface area contributed by atoms with E-state index in [4.69, 9.17) is 9.73 Å². The molecule has 1 heterocycles. The molecule has 0 saturated carbocycles. The minimum atomic E-state index is 0. The summed E-state index contributed by atoms with van der Waals surface area (Å²) in [5.74, 6) is 0.957. The lowest BCUT2D eigenvalue weighted by molar-refractivity contribution is 0.0394. The third kappa shape index (κ3) is 12.0. The Bertz CT molecular complexity index is 296. The maximum absolute atomic E-state index is 5.37. The van der Waals surface area contributed by atoms with Gasteiger partial charge in [-0.25, -0.2) is 0 Å². The zero-order valence-electron chi connectivity index (χ0n) is 15.3. The van der Waals surface area contributed by atoms with Gasteiger partial charge in [0.25, 0.3) is 0 Å². The molecule has 1 aliphatic rings. The monoisotopic (exact) mass is 440 g/mol. The highest BCUT2D eigenvalue weighted by Gasteiger charge is 2.09. The number of nitrogens with one attached hydrogen (secondary N) is 2.